The first-order valence-electron chi connectivity index (χ1n) is 6.69. The second kappa shape index (κ2) is 4.24. The minimum Gasteiger partial charge on any atom is -0.353 e. The van der Waals surface area contributed by atoms with Crippen molar-refractivity contribution in [1.29, 1.82) is 0 Å². The molecule has 0 bridgehead atoms. The number of rotatable bonds is 1. The number of guanidine groups is 1. The largest absolute Gasteiger partial charge is 0.353 e. The van der Waals surface area contributed by atoms with Crippen LogP contribution in [0.4, 0.5) is 0 Å². The van der Waals surface area contributed by atoms with Crippen LogP contribution in [0.15, 0.2) is 41.4 Å². The van der Waals surface area contributed by atoms with Crippen molar-refractivity contribution in [3.63, 3.8) is 0 Å². The first-order chi connectivity index (χ1) is 9.40. The van der Waals surface area contributed by atoms with Gasteiger partial charge >= 0.3 is 0 Å². The summed E-state index contributed by atoms with van der Waals surface area (Å²) in [7, 11) is 0. The van der Waals surface area contributed by atoms with Gasteiger partial charge in [0.1, 0.15) is 0 Å². The van der Waals surface area contributed by atoms with E-state index in [4.69, 9.17) is 0 Å². The average molecular weight is 252 g/mol. The Morgan fingerprint density at radius 2 is 1.79 bits per heavy atom. The topological polar surface area (TPSA) is 39.7 Å². The van der Waals surface area contributed by atoms with E-state index in [0.29, 0.717) is 0 Å². The Bertz CT molecular complexity index is 621. The maximum absolute atomic E-state index is 4.39. The number of hydrogen-bond acceptors (Lipinski definition) is 4. The molecule has 0 atom stereocenters. The fraction of sp³-hybridized carbons (Fsp3) is 0.267. The number of hydrazine groups is 1. The molecular weight excluding hydrogens is 236 g/mol. The summed E-state index contributed by atoms with van der Waals surface area (Å²) in [4.78, 5) is 4.39. The average Bonchev–Trinajstić information content (AvgIpc) is 2.92. The smallest absolute Gasteiger partial charge is 0.206 e. The Balaban J connectivity index is 1.68. The van der Waals surface area contributed by atoms with Gasteiger partial charge in [0, 0.05) is 19.6 Å². The fourth-order valence-electron chi connectivity index (χ4n) is 2.93. The van der Waals surface area contributed by atoms with E-state index in [9.17, 15) is 0 Å². The summed E-state index contributed by atoms with van der Waals surface area (Å²) in [5.41, 5.74) is 6.13. The molecule has 0 amide bonds. The zero-order valence-electron chi connectivity index (χ0n) is 10.7. The van der Waals surface area contributed by atoms with Gasteiger partial charge in [0.2, 0.25) is 5.96 Å². The van der Waals surface area contributed by atoms with Crippen LogP contribution >= 0.6 is 0 Å². The van der Waals surface area contributed by atoms with E-state index in [1.807, 2.05) is 0 Å². The summed E-state index contributed by atoms with van der Waals surface area (Å²) in [5, 5.41) is 8.23. The second-order valence-corrected chi connectivity index (χ2v) is 5.06. The number of hydrogen-bond donors (Lipinski definition) is 2. The fourth-order valence-corrected chi connectivity index (χ4v) is 2.93. The lowest BCUT2D eigenvalue weighted by molar-refractivity contribution is 0.210. The van der Waals surface area contributed by atoms with Crippen LogP contribution in [0.2, 0.25) is 0 Å². The molecule has 4 nitrogen and oxygen atoms in total. The Morgan fingerprint density at radius 3 is 2.42 bits per heavy atom. The Kier molecular flexibility index (Phi) is 2.42. The molecule has 2 aromatic rings. The summed E-state index contributed by atoms with van der Waals surface area (Å²) in [5.74, 6) is 0.895. The molecule has 2 N–H and O–H groups in total. The van der Waals surface area contributed by atoms with Gasteiger partial charge in [-0.15, -0.1) is 0 Å². The molecule has 2 aliphatic rings. The van der Waals surface area contributed by atoms with E-state index in [1.165, 1.54) is 21.9 Å². The summed E-state index contributed by atoms with van der Waals surface area (Å²) in [6, 6.07) is 13.1. The van der Waals surface area contributed by atoms with Gasteiger partial charge < -0.3 is 5.32 Å². The van der Waals surface area contributed by atoms with Crippen LogP contribution in [0.3, 0.4) is 0 Å². The minimum atomic E-state index is 0.863. The molecule has 0 radical (unpaired) electrons. The normalized spacial score (nSPS) is 18.2. The van der Waals surface area contributed by atoms with E-state index < -0.39 is 0 Å². The van der Waals surface area contributed by atoms with Crippen molar-refractivity contribution >= 4 is 16.7 Å². The van der Waals surface area contributed by atoms with Crippen molar-refractivity contribution in [3.05, 3.63) is 47.5 Å². The molecule has 96 valence electrons. The third-order valence-corrected chi connectivity index (χ3v) is 3.74. The van der Waals surface area contributed by atoms with Crippen LogP contribution in [0.5, 0.6) is 0 Å². The Hall–Kier alpha value is -2.07. The van der Waals surface area contributed by atoms with Crippen molar-refractivity contribution in [2.24, 2.45) is 4.99 Å². The van der Waals surface area contributed by atoms with Gasteiger partial charge in [0.15, 0.2) is 0 Å². The van der Waals surface area contributed by atoms with Crippen LogP contribution in [0, 0.1) is 0 Å². The number of benzene rings is 2. The van der Waals surface area contributed by atoms with E-state index in [0.717, 1.165) is 32.1 Å². The molecule has 0 unspecified atom stereocenters. The lowest BCUT2D eigenvalue weighted by Crippen LogP contribution is -2.46. The van der Waals surface area contributed by atoms with Gasteiger partial charge in [0.05, 0.1) is 6.54 Å². The molecule has 2 heterocycles. The summed E-state index contributed by atoms with van der Waals surface area (Å²) in [6.45, 7) is 3.62. The zero-order valence-corrected chi connectivity index (χ0v) is 10.7. The summed E-state index contributed by atoms with van der Waals surface area (Å²) in [6.07, 6.45) is 0. The van der Waals surface area contributed by atoms with Crippen molar-refractivity contribution in [3.8, 4) is 0 Å². The third kappa shape index (κ3) is 1.85. The van der Waals surface area contributed by atoms with Gasteiger partial charge in [-0.2, -0.15) is 0 Å². The van der Waals surface area contributed by atoms with Crippen molar-refractivity contribution < 1.29 is 0 Å². The molecule has 0 aliphatic carbocycles. The number of nitrogens with zero attached hydrogens (tertiary/aromatic N) is 2. The zero-order chi connectivity index (χ0) is 12.7. The predicted octanol–water partition coefficient (Wildman–Crippen LogP) is 1.62. The summed E-state index contributed by atoms with van der Waals surface area (Å²) >= 11 is 0. The minimum absolute atomic E-state index is 0.863. The molecule has 2 aromatic carbocycles. The predicted molar refractivity (Wildman–Crippen MR) is 76.6 cm³/mol. The molecule has 0 fully saturated rings. The number of aliphatic imine (C=N–C) groups is 1. The third-order valence-electron chi connectivity index (χ3n) is 3.74. The Morgan fingerprint density at radius 1 is 1.05 bits per heavy atom. The van der Waals surface area contributed by atoms with Crippen molar-refractivity contribution in [1.82, 2.24) is 15.8 Å². The van der Waals surface area contributed by atoms with Crippen LogP contribution in [0.25, 0.3) is 10.8 Å². The highest BCUT2D eigenvalue weighted by molar-refractivity contribution is 5.89. The summed E-state index contributed by atoms with van der Waals surface area (Å²) < 4.78 is 0. The van der Waals surface area contributed by atoms with Gasteiger partial charge in [-0.25, -0.2) is 5.01 Å². The van der Waals surface area contributed by atoms with Crippen LogP contribution < -0.4 is 10.7 Å². The first kappa shape index (κ1) is 10.8. The van der Waals surface area contributed by atoms with E-state index >= 15 is 0 Å². The molecule has 4 heteroatoms. The van der Waals surface area contributed by atoms with Crippen molar-refractivity contribution in [2.45, 2.75) is 13.1 Å². The van der Waals surface area contributed by atoms with E-state index in [1.54, 1.807) is 0 Å². The highest BCUT2D eigenvalue weighted by Crippen LogP contribution is 2.28. The molecule has 19 heavy (non-hydrogen) atoms. The molecule has 2 aliphatic heterocycles. The van der Waals surface area contributed by atoms with Gasteiger partial charge in [-0.05, 0) is 21.9 Å². The first-order valence-corrected chi connectivity index (χ1v) is 6.69. The van der Waals surface area contributed by atoms with Crippen molar-refractivity contribution in [2.75, 3.05) is 13.1 Å². The molecule has 0 aromatic heterocycles. The highest BCUT2D eigenvalue weighted by atomic mass is 15.6. The van der Waals surface area contributed by atoms with E-state index in [2.05, 4.69) is 57.1 Å². The van der Waals surface area contributed by atoms with Gasteiger partial charge in [-0.3, -0.25) is 10.4 Å². The van der Waals surface area contributed by atoms with Crippen LogP contribution in [0.1, 0.15) is 11.1 Å². The monoisotopic (exact) mass is 252 g/mol. The van der Waals surface area contributed by atoms with Gasteiger partial charge in [0.25, 0.3) is 0 Å². The molecular formula is C15H16N4. The van der Waals surface area contributed by atoms with Crippen LogP contribution in [-0.2, 0) is 13.1 Å². The maximum atomic E-state index is 4.39. The molecule has 4 rings (SSSR count). The highest BCUT2D eigenvalue weighted by Gasteiger charge is 2.19. The SMILES string of the molecule is c1cc2c3c(cccc3c1)CN(NC1=NCCN1)C2. The molecule has 0 saturated carbocycles. The molecule has 0 saturated heterocycles. The quantitative estimate of drug-likeness (QED) is 0.810. The standard InChI is InChI=1S/C15H16N4/c1-3-11-4-2-6-13-10-19(9-12(5-1)14(11)13)18-15-16-7-8-17-15/h1-6H,7-10H2,(H2,16,17,18). The Labute approximate surface area is 112 Å². The molecule has 0 spiro atoms. The number of nitrogens with one attached hydrogen (secondary N) is 2. The van der Waals surface area contributed by atoms with E-state index in [-0.39, 0.29) is 0 Å². The lowest BCUT2D eigenvalue weighted by Gasteiger charge is -2.29. The van der Waals surface area contributed by atoms with Crippen LogP contribution in [-0.4, -0.2) is 24.1 Å². The lowest BCUT2D eigenvalue weighted by atomic mass is 9.96. The van der Waals surface area contributed by atoms with Gasteiger partial charge in [-0.1, -0.05) is 36.4 Å². The maximum Gasteiger partial charge on any atom is 0.206 e. The second-order valence-electron chi connectivity index (χ2n) is 5.06.